The first-order chi connectivity index (χ1) is 11.4. The van der Waals surface area contributed by atoms with Crippen LogP contribution < -0.4 is 0 Å². The number of ether oxygens (including phenoxy) is 1. The van der Waals surface area contributed by atoms with E-state index in [1.165, 1.54) is 44.3 Å². The van der Waals surface area contributed by atoms with E-state index < -0.39 is 0 Å². The average Bonchev–Trinajstić information content (AvgIpc) is 2.60. The van der Waals surface area contributed by atoms with E-state index in [9.17, 15) is 0 Å². The van der Waals surface area contributed by atoms with Gasteiger partial charge in [0.25, 0.3) is 0 Å². The van der Waals surface area contributed by atoms with Crippen LogP contribution in [-0.2, 0) is 11.3 Å². The number of alkyl halides is 1. The maximum atomic E-state index is 5.89. The number of hydrogen-bond donors (Lipinski definition) is 0. The molecule has 4 rings (SSSR count). The van der Waals surface area contributed by atoms with E-state index in [-0.39, 0.29) is 0 Å². The van der Waals surface area contributed by atoms with Crippen molar-refractivity contribution < 1.29 is 4.74 Å². The van der Waals surface area contributed by atoms with E-state index in [0.717, 1.165) is 18.4 Å². The van der Waals surface area contributed by atoms with Gasteiger partial charge in [0, 0.05) is 11.9 Å². The van der Waals surface area contributed by atoms with Crippen LogP contribution in [0.4, 0.5) is 0 Å². The van der Waals surface area contributed by atoms with Crippen molar-refractivity contribution in [3.05, 3.63) is 60.2 Å². The van der Waals surface area contributed by atoms with Gasteiger partial charge in [0.1, 0.15) is 0 Å². The SMILES string of the molecule is BrCCCCOCc1ccc2ccc3cccc4ccc1c2c34. The van der Waals surface area contributed by atoms with Gasteiger partial charge in [0.2, 0.25) is 0 Å². The van der Waals surface area contributed by atoms with Gasteiger partial charge in [-0.25, -0.2) is 0 Å². The van der Waals surface area contributed by atoms with Gasteiger partial charge in [0.05, 0.1) is 6.61 Å². The summed E-state index contributed by atoms with van der Waals surface area (Å²) in [6.45, 7) is 1.52. The lowest BCUT2D eigenvalue weighted by Crippen LogP contribution is -1.97. The number of halogens is 1. The van der Waals surface area contributed by atoms with E-state index >= 15 is 0 Å². The molecule has 0 fully saturated rings. The molecule has 1 nitrogen and oxygen atoms in total. The molecule has 0 radical (unpaired) electrons. The van der Waals surface area contributed by atoms with Crippen LogP contribution in [0.15, 0.2) is 54.6 Å². The molecule has 4 aromatic rings. The zero-order valence-electron chi connectivity index (χ0n) is 13.0. The second-order valence-corrected chi connectivity index (χ2v) is 6.82. The maximum absolute atomic E-state index is 5.89. The molecule has 0 unspecified atom stereocenters. The highest BCUT2D eigenvalue weighted by atomic mass is 79.9. The minimum absolute atomic E-state index is 0.691. The molecule has 0 heterocycles. The van der Waals surface area contributed by atoms with Crippen LogP contribution in [0.1, 0.15) is 18.4 Å². The van der Waals surface area contributed by atoms with Gasteiger partial charge in [0.15, 0.2) is 0 Å². The lowest BCUT2D eigenvalue weighted by Gasteiger charge is -2.14. The summed E-state index contributed by atoms with van der Waals surface area (Å²) in [6, 6.07) is 19.9. The smallest absolute Gasteiger partial charge is 0.0722 e. The molecule has 0 amide bonds. The fourth-order valence-corrected chi connectivity index (χ4v) is 3.80. The summed E-state index contributed by atoms with van der Waals surface area (Å²) in [5, 5.41) is 9.08. The predicted molar refractivity (Wildman–Crippen MR) is 103 cm³/mol. The van der Waals surface area contributed by atoms with Gasteiger partial charge >= 0.3 is 0 Å². The number of rotatable bonds is 6. The molecular formula is C21H19BrO. The van der Waals surface area contributed by atoms with Crippen molar-refractivity contribution in [3.8, 4) is 0 Å². The van der Waals surface area contributed by atoms with Gasteiger partial charge in [-0.1, -0.05) is 70.5 Å². The van der Waals surface area contributed by atoms with Crippen molar-refractivity contribution in [1.29, 1.82) is 0 Å². The quantitative estimate of drug-likeness (QED) is 0.222. The molecule has 0 aliphatic rings. The highest BCUT2D eigenvalue weighted by Crippen LogP contribution is 2.35. The van der Waals surface area contributed by atoms with Gasteiger partial charge in [-0.3, -0.25) is 0 Å². The fourth-order valence-electron chi connectivity index (χ4n) is 3.40. The second kappa shape index (κ2) is 6.46. The third kappa shape index (κ3) is 2.71. The molecule has 0 bridgehead atoms. The standard InChI is InChI=1S/C21H19BrO/c22-12-1-2-13-23-14-18-9-8-17-7-6-15-4-3-5-16-10-11-19(18)21(17)20(15)16/h3-11H,1-2,12-14H2. The summed E-state index contributed by atoms with van der Waals surface area (Å²) in [7, 11) is 0. The van der Waals surface area contributed by atoms with Gasteiger partial charge in [-0.05, 0) is 50.7 Å². The Morgan fingerprint density at radius 3 is 2.22 bits per heavy atom. The molecule has 23 heavy (non-hydrogen) atoms. The summed E-state index contributed by atoms with van der Waals surface area (Å²) < 4.78 is 5.89. The van der Waals surface area contributed by atoms with Gasteiger partial charge in [-0.2, -0.15) is 0 Å². The largest absolute Gasteiger partial charge is 0.377 e. The molecule has 116 valence electrons. The first-order valence-electron chi connectivity index (χ1n) is 8.17. The molecule has 0 aliphatic heterocycles. The molecule has 0 saturated carbocycles. The van der Waals surface area contributed by atoms with E-state index in [1.54, 1.807) is 0 Å². The van der Waals surface area contributed by atoms with E-state index in [0.29, 0.717) is 6.61 Å². The Kier molecular flexibility index (Phi) is 4.19. The number of hydrogen-bond acceptors (Lipinski definition) is 1. The lowest BCUT2D eigenvalue weighted by molar-refractivity contribution is 0.119. The Morgan fingerprint density at radius 1 is 0.739 bits per heavy atom. The van der Waals surface area contributed by atoms with Gasteiger partial charge < -0.3 is 4.74 Å². The molecule has 4 aromatic carbocycles. The van der Waals surface area contributed by atoms with Crippen LogP contribution in [-0.4, -0.2) is 11.9 Å². The van der Waals surface area contributed by atoms with Crippen molar-refractivity contribution in [2.45, 2.75) is 19.4 Å². The first-order valence-corrected chi connectivity index (χ1v) is 9.30. The molecule has 0 saturated heterocycles. The molecular weight excluding hydrogens is 348 g/mol. The van der Waals surface area contributed by atoms with Crippen LogP contribution in [0.2, 0.25) is 0 Å². The average molecular weight is 367 g/mol. The Morgan fingerprint density at radius 2 is 1.43 bits per heavy atom. The normalized spacial score (nSPS) is 11.9. The Balaban J connectivity index is 1.77. The Hall–Kier alpha value is -1.64. The minimum Gasteiger partial charge on any atom is -0.377 e. The zero-order chi connectivity index (χ0) is 15.6. The molecule has 0 aromatic heterocycles. The molecule has 2 heteroatoms. The van der Waals surface area contributed by atoms with Crippen molar-refractivity contribution in [2.75, 3.05) is 11.9 Å². The number of benzene rings is 4. The molecule has 0 spiro atoms. The lowest BCUT2D eigenvalue weighted by atomic mass is 9.92. The summed E-state index contributed by atoms with van der Waals surface area (Å²) in [5.74, 6) is 0. The first kappa shape index (κ1) is 14.9. The minimum atomic E-state index is 0.691. The fraction of sp³-hybridized carbons (Fsp3) is 0.238. The van der Waals surface area contributed by atoms with E-state index in [1.807, 2.05) is 0 Å². The summed E-state index contributed by atoms with van der Waals surface area (Å²) in [6.07, 6.45) is 2.27. The third-order valence-electron chi connectivity index (χ3n) is 4.55. The van der Waals surface area contributed by atoms with Crippen LogP contribution >= 0.6 is 15.9 Å². The summed E-state index contributed by atoms with van der Waals surface area (Å²) in [4.78, 5) is 0. The predicted octanol–water partition coefficient (Wildman–Crippen LogP) is 6.28. The molecule has 0 atom stereocenters. The van der Waals surface area contributed by atoms with E-state index in [4.69, 9.17) is 4.74 Å². The third-order valence-corrected chi connectivity index (χ3v) is 5.11. The van der Waals surface area contributed by atoms with E-state index in [2.05, 4.69) is 70.5 Å². The van der Waals surface area contributed by atoms with Crippen LogP contribution in [0.25, 0.3) is 32.3 Å². The highest BCUT2D eigenvalue weighted by Gasteiger charge is 2.10. The summed E-state index contributed by atoms with van der Waals surface area (Å²) in [5.41, 5.74) is 1.29. The Bertz CT molecular complexity index is 929. The van der Waals surface area contributed by atoms with Crippen LogP contribution in [0.5, 0.6) is 0 Å². The van der Waals surface area contributed by atoms with Gasteiger partial charge in [-0.15, -0.1) is 0 Å². The molecule has 0 aliphatic carbocycles. The zero-order valence-corrected chi connectivity index (χ0v) is 14.6. The maximum Gasteiger partial charge on any atom is 0.0722 e. The Labute approximate surface area is 144 Å². The van der Waals surface area contributed by atoms with Crippen LogP contribution in [0.3, 0.4) is 0 Å². The monoisotopic (exact) mass is 366 g/mol. The summed E-state index contributed by atoms with van der Waals surface area (Å²) >= 11 is 3.46. The molecule has 0 N–H and O–H groups in total. The van der Waals surface area contributed by atoms with Crippen LogP contribution in [0, 0.1) is 0 Å². The van der Waals surface area contributed by atoms with Crippen molar-refractivity contribution in [1.82, 2.24) is 0 Å². The van der Waals surface area contributed by atoms with Crippen molar-refractivity contribution in [3.63, 3.8) is 0 Å². The number of unbranched alkanes of at least 4 members (excludes halogenated alkanes) is 1. The topological polar surface area (TPSA) is 9.23 Å². The van der Waals surface area contributed by atoms with Crippen molar-refractivity contribution >= 4 is 48.2 Å². The second-order valence-electron chi connectivity index (χ2n) is 6.03. The highest BCUT2D eigenvalue weighted by molar-refractivity contribution is 9.09. The van der Waals surface area contributed by atoms with Crippen molar-refractivity contribution in [2.24, 2.45) is 0 Å².